The first-order chi connectivity index (χ1) is 16.8. The molecule has 0 atom stereocenters. The summed E-state index contributed by atoms with van der Waals surface area (Å²) in [5.41, 5.74) is 1.94. The van der Waals surface area contributed by atoms with E-state index in [4.69, 9.17) is 44.9 Å². The van der Waals surface area contributed by atoms with Crippen LogP contribution in [-0.4, -0.2) is 24.0 Å². The molecule has 0 radical (unpaired) electrons. The van der Waals surface area contributed by atoms with Gasteiger partial charge in [0.2, 0.25) is 0 Å². The normalized spacial score (nSPS) is 14.8. The number of ether oxygens (including phenoxy) is 2. The largest absolute Gasteiger partial charge is 0.493 e. The molecule has 3 aromatic carbocycles. The average Bonchev–Trinajstić information content (AvgIpc) is 2.83. The van der Waals surface area contributed by atoms with E-state index in [0.29, 0.717) is 32.8 Å². The molecule has 1 fully saturated rings. The van der Waals surface area contributed by atoms with Crippen molar-refractivity contribution in [2.75, 3.05) is 12.0 Å². The number of nitrogens with zero attached hydrogens (tertiary/aromatic N) is 1. The summed E-state index contributed by atoms with van der Waals surface area (Å²) in [6, 6.07) is 17.6. The first-order valence-corrected chi connectivity index (χ1v) is 12.4. The van der Waals surface area contributed by atoms with E-state index in [1.54, 1.807) is 48.5 Å². The number of hydrogen-bond donors (Lipinski definition) is 1. The van der Waals surface area contributed by atoms with Crippen molar-refractivity contribution >= 4 is 86.7 Å². The lowest BCUT2D eigenvalue weighted by Crippen LogP contribution is -2.54. The Labute approximate surface area is 230 Å². The summed E-state index contributed by atoms with van der Waals surface area (Å²) in [6.45, 7) is 0.244. The van der Waals surface area contributed by atoms with Crippen LogP contribution in [0, 0.1) is 3.57 Å². The Morgan fingerprint density at radius 3 is 2.49 bits per heavy atom. The number of halogens is 3. The number of nitrogens with one attached hydrogen (secondary N) is 1. The number of anilines is 1. The van der Waals surface area contributed by atoms with Crippen molar-refractivity contribution < 1.29 is 19.1 Å². The summed E-state index contributed by atoms with van der Waals surface area (Å²) in [5, 5.41) is 3.52. The maximum absolute atomic E-state index is 13.2. The van der Waals surface area contributed by atoms with Crippen molar-refractivity contribution in [3.8, 4) is 11.5 Å². The fourth-order valence-corrected chi connectivity index (χ4v) is 4.77. The van der Waals surface area contributed by atoms with Crippen LogP contribution in [0.5, 0.6) is 11.5 Å². The number of methoxy groups -OCH3 is 1. The minimum absolute atomic E-state index is 0.0292. The number of carbonyl (C=O) groups is 2. The lowest BCUT2D eigenvalue weighted by Gasteiger charge is -2.28. The van der Waals surface area contributed by atoms with E-state index in [1.165, 1.54) is 18.1 Å². The van der Waals surface area contributed by atoms with Gasteiger partial charge in [0.05, 0.1) is 26.4 Å². The van der Waals surface area contributed by atoms with Gasteiger partial charge in [0, 0.05) is 0 Å². The third-order valence-electron chi connectivity index (χ3n) is 5.05. The Morgan fingerprint density at radius 1 is 1.06 bits per heavy atom. The van der Waals surface area contributed by atoms with Gasteiger partial charge in [-0.3, -0.25) is 19.8 Å². The molecule has 4 rings (SSSR count). The molecule has 1 heterocycles. The maximum Gasteiger partial charge on any atom is 0.270 e. The van der Waals surface area contributed by atoms with Gasteiger partial charge in [0.15, 0.2) is 16.6 Å². The van der Waals surface area contributed by atoms with Crippen molar-refractivity contribution in [3.63, 3.8) is 0 Å². The molecular weight excluding hydrogens is 622 g/mol. The highest BCUT2D eigenvalue weighted by molar-refractivity contribution is 14.1. The Kier molecular flexibility index (Phi) is 7.95. The first kappa shape index (κ1) is 25.4. The topological polar surface area (TPSA) is 67.9 Å². The van der Waals surface area contributed by atoms with Gasteiger partial charge in [-0.2, -0.15) is 0 Å². The number of para-hydroxylation sites is 1. The molecule has 0 saturated carbocycles. The Balaban J connectivity index is 1.63. The summed E-state index contributed by atoms with van der Waals surface area (Å²) in [7, 11) is 1.52. The monoisotopic (exact) mass is 638 g/mol. The molecule has 1 aliphatic rings. The number of amides is 2. The highest BCUT2D eigenvalue weighted by atomic mass is 127. The zero-order valence-electron chi connectivity index (χ0n) is 18.2. The summed E-state index contributed by atoms with van der Waals surface area (Å²) >= 11 is 19.4. The number of thiocarbonyl (C=S) groups is 1. The van der Waals surface area contributed by atoms with Gasteiger partial charge in [-0.1, -0.05) is 47.5 Å². The summed E-state index contributed by atoms with van der Waals surface area (Å²) in [6.07, 6.45) is 1.50. The zero-order chi connectivity index (χ0) is 25.1. The van der Waals surface area contributed by atoms with Crippen LogP contribution in [-0.2, 0) is 16.2 Å². The molecule has 35 heavy (non-hydrogen) atoms. The summed E-state index contributed by atoms with van der Waals surface area (Å²) in [4.78, 5) is 27.1. The smallest absolute Gasteiger partial charge is 0.270 e. The average molecular weight is 639 g/mol. The zero-order valence-corrected chi connectivity index (χ0v) is 22.7. The van der Waals surface area contributed by atoms with Crippen molar-refractivity contribution in [3.05, 3.63) is 91.0 Å². The second-order valence-electron chi connectivity index (χ2n) is 7.36. The molecule has 0 aromatic heterocycles. The van der Waals surface area contributed by atoms with Crippen molar-refractivity contribution in [2.24, 2.45) is 0 Å². The molecule has 1 N–H and O–H groups in total. The number of rotatable bonds is 6. The lowest BCUT2D eigenvalue weighted by atomic mass is 10.1. The van der Waals surface area contributed by atoms with Crippen LogP contribution in [0.1, 0.15) is 11.1 Å². The van der Waals surface area contributed by atoms with Gasteiger partial charge in [-0.25, -0.2) is 0 Å². The molecule has 1 aliphatic heterocycles. The predicted molar refractivity (Wildman–Crippen MR) is 149 cm³/mol. The van der Waals surface area contributed by atoms with E-state index in [0.717, 1.165) is 9.13 Å². The first-order valence-electron chi connectivity index (χ1n) is 10.2. The number of benzene rings is 3. The highest BCUT2D eigenvalue weighted by Gasteiger charge is 2.34. The van der Waals surface area contributed by atoms with Gasteiger partial charge in [0.1, 0.15) is 12.2 Å². The van der Waals surface area contributed by atoms with E-state index < -0.39 is 11.8 Å². The van der Waals surface area contributed by atoms with Gasteiger partial charge in [0.25, 0.3) is 11.8 Å². The summed E-state index contributed by atoms with van der Waals surface area (Å²) in [5.74, 6) is -0.115. The molecule has 0 spiro atoms. The van der Waals surface area contributed by atoms with Gasteiger partial charge in [-0.15, -0.1) is 0 Å². The molecule has 10 heteroatoms. The third kappa shape index (κ3) is 5.61. The van der Waals surface area contributed by atoms with Crippen LogP contribution in [0.25, 0.3) is 6.08 Å². The van der Waals surface area contributed by atoms with Gasteiger partial charge < -0.3 is 9.47 Å². The Hall–Kier alpha value is -2.66. The molecule has 3 aromatic rings. The van der Waals surface area contributed by atoms with Crippen molar-refractivity contribution in [1.29, 1.82) is 0 Å². The second-order valence-corrected chi connectivity index (χ2v) is 9.73. The quantitative estimate of drug-likeness (QED) is 0.155. The predicted octanol–water partition coefficient (Wildman–Crippen LogP) is 6.02. The fraction of sp³-hybridized carbons (Fsp3) is 0.0800. The van der Waals surface area contributed by atoms with E-state index in [9.17, 15) is 9.59 Å². The van der Waals surface area contributed by atoms with Crippen LogP contribution in [0.15, 0.2) is 66.2 Å². The Morgan fingerprint density at radius 2 is 1.80 bits per heavy atom. The van der Waals surface area contributed by atoms with Crippen molar-refractivity contribution in [2.45, 2.75) is 6.61 Å². The number of hydrogen-bond acceptors (Lipinski definition) is 5. The third-order valence-corrected chi connectivity index (χ3v) is 6.87. The molecule has 0 aliphatic carbocycles. The molecular formula is C25H17Cl2IN2O4S. The van der Waals surface area contributed by atoms with Gasteiger partial charge in [-0.05, 0) is 88.4 Å². The standard InChI is InChI=1S/C25H17Cl2IN2O4S/c1-33-21-12-15(11-20(28)22(21)34-13-14-7-8-18(26)19(27)10-14)9-17-23(31)29-25(35)30(24(17)32)16-5-3-2-4-6-16/h2-12H,13H2,1H3,(H,29,31,35)/b17-9-. The van der Waals surface area contributed by atoms with Crippen LogP contribution in [0.3, 0.4) is 0 Å². The van der Waals surface area contributed by atoms with Crippen LogP contribution in [0.2, 0.25) is 10.0 Å². The molecule has 6 nitrogen and oxygen atoms in total. The summed E-state index contributed by atoms with van der Waals surface area (Å²) < 4.78 is 12.2. The molecule has 0 bridgehead atoms. The fourth-order valence-electron chi connectivity index (χ4n) is 3.38. The van der Waals surface area contributed by atoms with Crippen LogP contribution >= 0.6 is 58.0 Å². The minimum Gasteiger partial charge on any atom is -0.493 e. The van der Waals surface area contributed by atoms with E-state index in [1.807, 2.05) is 12.1 Å². The molecule has 2 amide bonds. The highest BCUT2D eigenvalue weighted by Crippen LogP contribution is 2.36. The molecule has 1 saturated heterocycles. The second kappa shape index (κ2) is 10.9. The lowest BCUT2D eigenvalue weighted by molar-refractivity contribution is -0.122. The molecule has 178 valence electrons. The molecule has 0 unspecified atom stereocenters. The SMILES string of the molecule is COc1cc(/C=C2/C(=O)NC(=S)N(c3ccccc3)C2=O)cc(I)c1OCc1ccc(Cl)c(Cl)c1. The van der Waals surface area contributed by atoms with E-state index in [-0.39, 0.29) is 17.3 Å². The van der Waals surface area contributed by atoms with E-state index >= 15 is 0 Å². The van der Waals surface area contributed by atoms with Crippen LogP contribution < -0.4 is 19.7 Å². The maximum atomic E-state index is 13.2. The van der Waals surface area contributed by atoms with Crippen LogP contribution in [0.4, 0.5) is 5.69 Å². The van der Waals surface area contributed by atoms with Gasteiger partial charge >= 0.3 is 0 Å². The van der Waals surface area contributed by atoms with Crippen molar-refractivity contribution in [1.82, 2.24) is 5.32 Å². The number of carbonyl (C=O) groups excluding carboxylic acids is 2. The van der Waals surface area contributed by atoms with E-state index in [2.05, 4.69) is 27.9 Å². The Bertz CT molecular complexity index is 1370. The minimum atomic E-state index is -0.568.